The minimum atomic E-state index is 0.575. The molecule has 91 valence electrons. The molecule has 0 spiro atoms. The predicted octanol–water partition coefficient (Wildman–Crippen LogP) is 3.66. The molecule has 1 radical (unpaired) electrons. The van der Waals surface area contributed by atoms with Gasteiger partial charge in [0, 0.05) is 24.4 Å². The zero-order valence-electron chi connectivity index (χ0n) is 10.2. The van der Waals surface area contributed by atoms with Crippen molar-refractivity contribution in [1.29, 1.82) is 0 Å². The first kappa shape index (κ1) is 12.2. The lowest BCUT2D eigenvalue weighted by atomic mass is 10.2. The number of benzene rings is 2. The van der Waals surface area contributed by atoms with Gasteiger partial charge in [-0.2, -0.15) is 0 Å². The van der Waals surface area contributed by atoms with Gasteiger partial charge >= 0.3 is 0 Å². The van der Waals surface area contributed by atoms with E-state index >= 15 is 0 Å². The van der Waals surface area contributed by atoms with Crippen LogP contribution in [-0.4, -0.2) is 6.54 Å². The Hall–Kier alpha value is -2.22. The van der Waals surface area contributed by atoms with Gasteiger partial charge in [0.1, 0.15) is 12.4 Å². The molecule has 0 heterocycles. The number of rotatable bonds is 6. The van der Waals surface area contributed by atoms with Crippen molar-refractivity contribution in [2.75, 3.05) is 11.9 Å². The minimum Gasteiger partial charge on any atom is -0.489 e. The van der Waals surface area contributed by atoms with Crippen LogP contribution in [0.5, 0.6) is 5.75 Å². The van der Waals surface area contributed by atoms with Crippen LogP contribution in [0.25, 0.3) is 0 Å². The highest BCUT2D eigenvalue weighted by molar-refractivity contribution is 5.47. The van der Waals surface area contributed by atoms with Crippen molar-refractivity contribution >= 4 is 5.69 Å². The summed E-state index contributed by atoms with van der Waals surface area (Å²) in [5, 5.41) is 3.18. The summed E-state index contributed by atoms with van der Waals surface area (Å²) in [6, 6.07) is 18.9. The van der Waals surface area contributed by atoms with E-state index in [1.54, 1.807) is 0 Å². The van der Waals surface area contributed by atoms with Crippen molar-refractivity contribution < 1.29 is 4.74 Å². The summed E-state index contributed by atoms with van der Waals surface area (Å²) >= 11 is 0. The van der Waals surface area contributed by atoms with E-state index in [1.165, 1.54) is 0 Å². The van der Waals surface area contributed by atoms with Crippen molar-refractivity contribution in [2.45, 2.75) is 6.61 Å². The van der Waals surface area contributed by atoms with E-state index in [0.717, 1.165) is 23.5 Å². The van der Waals surface area contributed by atoms with Crippen LogP contribution in [0.1, 0.15) is 5.56 Å². The van der Waals surface area contributed by atoms with Gasteiger partial charge in [0.15, 0.2) is 0 Å². The number of ether oxygens (including phenoxy) is 1. The molecule has 2 aromatic carbocycles. The summed E-state index contributed by atoms with van der Waals surface area (Å²) < 4.78 is 5.73. The first-order chi connectivity index (χ1) is 8.88. The molecule has 0 aliphatic heterocycles. The highest BCUT2D eigenvalue weighted by Crippen LogP contribution is 2.17. The minimum absolute atomic E-state index is 0.575. The zero-order chi connectivity index (χ0) is 12.6. The Bertz CT molecular complexity index is 493. The lowest BCUT2D eigenvalue weighted by Gasteiger charge is -2.08. The van der Waals surface area contributed by atoms with Crippen molar-refractivity contribution in [3.8, 4) is 5.75 Å². The molecule has 0 unspecified atom stereocenters. The standard InChI is InChI=1S/C16H16NO/c1-2-11-17-15-9-6-10-16(12-15)18-13-14-7-4-3-5-8-14/h2-8,10,12,17H,1,11,13H2. The van der Waals surface area contributed by atoms with Crippen molar-refractivity contribution in [2.24, 2.45) is 0 Å². The molecule has 18 heavy (non-hydrogen) atoms. The van der Waals surface area contributed by atoms with Crippen LogP contribution in [0.3, 0.4) is 0 Å². The summed E-state index contributed by atoms with van der Waals surface area (Å²) in [6.07, 6.45) is 1.81. The Labute approximate surface area is 108 Å². The van der Waals surface area contributed by atoms with E-state index in [2.05, 4.69) is 18.0 Å². The molecular weight excluding hydrogens is 222 g/mol. The van der Waals surface area contributed by atoms with E-state index in [-0.39, 0.29) is 0 Å². The molecule has 0 saturated heterocycles. The van der Waals surface area contributed by atoms with Crippen molar-refractivity contribution in [1.82, 2.24) is 0 Å². The molecule has 2 nitrogen and oxygen atoms in total. The summed E-state index contributed by atoms with van der Waals surface area (Å²) in [5.74, 6) is 0.837. The quantitative estimate of drug-likeness (QED) is 0.775. The lowest BCUT2D eigenvalue weighted by Crippen LogP contribution is -1.99. The van der Waals surface area contributed by atoms with Gasteiger partial charge in [-0.1, -0.05) is 36.4 Å². The monoisotopic (exact) mass is 238 g/mol. The topological polar surface area (TPSA) is 21.3 Å². The van der Waals surface area contributed by atoms with Gasteiger partial charge in [0.2, 0.25) is 0 Å². The Morgan fingerprint density at radius 2 is 2.06 bits per heavy atom. The zero-order valence-corrected chi connectivity index (χ0v) is 10.2. The first-order valence-electron chi connectivity index (χ1n) is 5.92. The van der Waals surface area contributed by atoms with E-state index < -0.39 is 0 Å². The summed E-state index contributed by atoms with van der Waals surface area (Å²) in [7, 11) is 0. The number of hydrogen-bond donors (Lipinski definition) is 1. The maximum atomic E-state index is 5.73. The number of nitrogens with one attached hydrogen (secondary N) is 1. The number of hydrogen-bond acceptors (Lipinski definition) is 2. The molecule has 0 saturated carbocycles. The van der Waals surface area contributed by atoms with Gasteiger partial charge in [0.05, 0.1) is 0 Å². The smallest absolute Gasteiger partial charge is 0.121 e. The van der Waals surface area contributed by atoms with Crippen LogP contribution in [-0.2, 0) is 6.61 Å². The van der Waals surface area contributed by atoms with E-state index in [1.807, 2.05) is 54.6 Å². The fraction of sp³-hybridized carbons (Fsp3) is 0.125. The molecule has 2 aromatic rings. The Balaban J connectivity index is 1.95. The molecule has 0 aliphatic rings. The average Bonchev–Trinajstić information content (AvgIpc) is 2.44. The fourth-order valence-electron chi connectivity index (χ4n) is 1.56. The molecule has 2 rings (SSSR count). The van der Waals surface area contributed by atoms with Crippen LogP contribution in [0.2, 0.25) is 0 Å². The van der Waals surface area contributed by atoms with Crippen LogP contribution < -0.4 is 10.1 Å². The van der Waals surface area contributed by atoms with Gasteiger partial charge in [0.25, 0.3) is 0 Å². The fourth-order valence-corrected chi connectivity index (χ4v) is 1.56. The van der Waals surface area contributed by atoms with Gasteiger partial charge in [-0.25, -0.2) is 0 Å². The van der Waals surface area contributed by atoms with Crippen LogP contribution in [0.4, 0.5) is 5.69 Å². The predicted molar refractivity (Wildman–Crippen MR) is 74.7 cm³/mol. The molecule has 0 aromatic heterocycles. The average molecular weight is 238 g/mol. The van der Waals surface area contributed by atoms with Crippen LogP contribution in [0.15, 0.2) is 61.2 Å². The highest BCUT2D eigenvalue weighted by Gasteiger charge is 1.97. The normalized spacial score (nSPS) is 9.78. The largest absolute Gasteiger partial charge is 0.489 e. The summed E-state index contributed by atoms with van der Waals surface area (Å²) in [4.78, 5) is 0. The maximum Gasteiger partial charge on any atom is 0.121 e. The molecule has 1 N–H and O–H groups in total. The second kappa shape index (κ2) is 6.50. The Kier molecular flexibility index (Phi) is 4.42. The van der Waals surface area contributed by atoms with E-state index in [4.69, 9.17) is 4.74 Å². The van der Waals surface area contributed by atoms with Crippen molar-refractivity contribution in [3.05, 3.63) is 72.8 Å². The van der Waals surface area contributed by atoms with Gasteiger partial charge in [-0.15, -0.1) is 6.58 Å². The summed E-state index contributed by atoms with van der Waals surface area (Å²) in [5.41, 5.74) is 2.08. The number of anilines is 1. The third kappa shape index (κ3) is 3.67. The lowest BCUT2D eigenvalue weighted by molar-refractivity contribution is 0.306. The molecular formula is C16H16NO. The molecule has 0 atom stereocenters. The Morgan fingerprint density at radius 3 is 2.83 bits per heavy atom. The SMILES string of the molecule is C=CCNc1[c]ccc(OCc2ccccc2)c1. The molecule has 0 bridgehead atoms. The molecule has 2 heteroatoms. The van der Waals surface area contributed by atoms with Crippen LogP contribution in [0, 0.1) is 6.07 Å². The second-order valence-electron chi connectivity index (χ2n) is 3.88. The third-order valence-electron chi connectivity index (χ3n) is 2.46. The highest BCUT2D eigenvalue weighted by atomic mass is 16.5. The first-order valence-corrected chi connectivity index (χ1v) is 5.92. The summed E-state index contributed by atoms with van der Waals surface area (Å²) in [6.45, 7) is 4.96. The third-order valence-corrected chi connectivity index (χ3v) is 2.46. The molecule has 0 aliphatic carbocycles. The molecule has 0 amide bonds. The van der Waals surface area contributed by atoms with E-state index in [0.29, 0.717) is 6.61 Å². The molecule has 0 fully saturated rings. The Morgan fingerprint density at radius 1 is 1.22 bits per heavy atom. The van der Waals surface area contributed by atoms with Crippen LogP contribution >= 0.6 is 0 Å². The maximum absolute atomic E-state index is 5.73. The van der Waals surface area contributed by atoms with Crippen molar-refractivity contribution in [3.63, 3.8) is 0 Å². The van der Waals surface area contributed by atoms with Gasteiger partial charge < -0.3 is 10.1 Å². The van der Waals surface area contributed by atoms with Gasteiger partial charge in [-0.05, 0) is 17.7 Å². The van der Waals surface area contributed by atoms with E-state index in [9.17, 15) is 0 Å². The second-order valence-corrected chi connectivity index (χ2v) is 3.88. The van der Waals surface area contributed by atoms with Gasteiger partial charge in [-0.3, -0.25) is 0 Å².